The molecule has 0 unspecified atom stereocenters. The molecule has 6 nitrogen and oxygen atoms in total. The molecule has 3 N–H and O–H groups in total. The number of hydrogen-bond acceptors (Lipinski definition) is 5. The van der Waals surface area contributed by atoms with E-state index in [9.17, 15) is 4.79 Å². The van der Waals surface area contributed by atoms with Crippen LogP contribution in [0.2, 0.25) is 0 Å². The van der Waals surface area contributed by atoms with Gasteiger partial charge in [0, 0.05) is 21.9 Å². The van der Waals surface area contributed by atoms with Crippen LogP contribution in [-0.2, 0) is 0 Å². The Bertz CT molecular complexity index is 913. The molecule has 0 saturated heterocycles. The van der Waals surface area contributed by atoms with Crippen LogP contribution < -0.4 is 10.6 Å². The van der Waals surface area contributed by atoms with E-state index >= 15 is 0 Å². The van der Waals surface area contributed by atoms with Gasteiger partial charge < -0.3 is 15.7 Å². The predicted octanol–water partition coefficient (Wildman–Crippen LogP) is 4.73. The number of benzene rings is 2. The van der Waals surface area contributed by atoms with Gasteiger partial charge in [0.2, 0.25) is 0 Å². The Morgan fingerprint density at radius 2 is 1.56 bits per heavy atom. The summed E-state index contributed by atoms with van der Waals surface area (Å²) in [6.07, 6.45) is 1.46. The maximum absolute atomic E-state index is 10.9. The number of hydrogen-bond donors (Lipinski definition) is 3. The minimum absolute atomic E-state index is 0.237. The van der Waals surface area contributed by atoms with Gasteiger partial charge in [0.15, 0.2) is 0 Å². The Morgan fingerprint density at radius 1 is 0.960 bits per heavy atom. The predicted molar refractivity (Wildman–Crippen MR) is 101 cm³/mol. The number of aromatic nitrogens is 2. The van der Waals surface area contributed by atoms with Crippen molar-refractivity contribution in [3.05, 3.63) is 70.5 Å². The zero-order valence-electron chi connectivity index (χ0n) is 13.3. The summed E-state index contributed by atoms with van der Waals surface area (Å²) in [5.74, 6) is 0.306. The van der Waals surface area contributed by atoms with Crippen molar-refractivity contribution >= 4 is 44.9 Å². The number of halogens is 1. The molecular formula is C18H15BrN4O2. The molecule has 0 bridgehead atoms. The maximum Gasteiger partial charge on any atom is 0.335 e. The fourth-order valence-electron chi connectivity index (χ4n) is 2.21. The van der Waals surface area contributed by atoms with E-state index in [-0.39, 0.29) is 5.56 Å². The lowest BCUT2D eigenvalue weighted by Gasteiger charge is -2.10. The quantitative estimate of drug-likeness (QED) is 0.575. The summed E-state index contributed by atoms with van der Waals surface area (Å²) in [6.45, 7) is 2.02. The van der Waals surface area contributed by atoms with Crippen molar-refractivity contribution in [1.29, 1.82) is 0 Å². The van der Waals surface area contributed by atoms with Crippen molar-refractivity contribution in [3.63, 3.8) is 0 Å². The van der Waals surface area contributed by atoms with Crippen LogP contribution in [0.5, 0.6) is 0 Å². The van der Waals surface area contributed by atoms with Crippen LogP contribution in [0.3, 0.4) is 0 Å². The van der Waals surface area contributed by atoms with E-state index < -0.39 is 5.97 Å². The third-order valence-electron chi connectivity index (χ3n) is 3.50. The smallest absolute Gasteiger partial charge is 0.335 e. The Balaban J connectivity index is 1.74. The Kier molecular flexibility index (Phi) is 4.95. The molecule has 2 aromatic carbocycles. The summed E-state index contributed by atoms with van der Waals surface area (Å²) >= 11 is 3.48. The highest BCUT2D eigenvalue weighted by Crippen LogP contribution is 2.23. The van der Waals surface area contributed by atoms with Gasteiger partial charge in [-0.15, -0.1) is 0 Å². The summed E-state index contributed by atoms with van der Waals surface area (Å²) in [5.41, 5.74) is 3.03. The highest BCUT2D eigenvalue weighted by atomic mass is 79.9. The fourth-order valence-corrected chi connectivity index (χ4v) is 2.46. The number of anilines is 4. The number of carboxylic acids is 1. The number of nitrogens with one attached hydrogen (secondary N) is 2. The molecule has 126 valence electrons. The Morgan fingerprint density at radius 3 is 2.16 bits per heavy atom. The first kappa shape index (κ1) is 16.9. The van der Waals surface area contributed by atoms with Gasteiger partial charge >= 0.3 is 5.97 Å². The molecule has 3 aromatic rings. The minimum atomic E-state index is -0.954. The first-order valence-electron chi connectivity index (χ1n) is 7.47. The van der Waals surface area contributed by atoms with Gasteiger partial charge in [-0.05, 0) is 55.0 Å². The molecule has 3 rings (SSSR count). The van der Waals surface area contributed by atoms with Crippen LogP contribution >= 0.6 is 15.9 Å². The van der Waals surface area contributed by atoms with E-state index in [4.69, 9.17) is 5.11 Å². The van der Waals surface area contributed by atoms with Crippen LogP contribution in [-0.4, -0.2) is 21.0 Å². The van der Waals surface area contributed by atoms with E-state index in [0.29, 0.717) is 11.6 Å². The van der Waals surface area contributed by atoms with Crippen molar-refractivity contribution in [3.8, 4) is 0 Å². The van der Waals surface area contributed by atoms with E-state index in [2.05, 4.69) is 36.5 Å². The average molecular weight is 399 g/mol. The first-order chi connectivity index (χ1) is 12.0. The van der Waals surface area contributed by atoms with Gasteiger partial charge in [-0.25, -0.2) is 14.8 Å². The zero-order valence-corrected chi connectivity index (χ0v) is 14.9. The molecular weight excluding hydrogens is 384 g/mol. The summed E-state index contributed by atoms with van der Waals surface area (Å²) in [6, 6.07) is 14.2. The number of carboxylic acid groups (broad SMARTS) is 1. The van der Waals surface area contributed by atoms with E-state index in [1.165, 1.54) is 18.5 Å². The highest BCUT2D eigenvalue weighted by molar-refractivity contribution is 9.10. The Labute approximate surface area is 153 Å². The highest BCUT2D eigenvalue weighted by Gasteiger charge is 2.04. The Hall–Kier alpha value is -2.93. The van der Waals surface area contributed by atoms with Crippen molar-refractivity contribution in [1.82, 2.24) is 9.97 Å². The number of aromatic carboxylic acids is 1. The van der Waals surface area contributed by atoms with Gasteiger partial charge in [0.25, 0.3) is 0 Å². The maximum atomic E-state index is 10.9. The average Bonchev–Trinajstić information content (AvgIpc) is 2.59. The van der Waals surface area contributed by atoms with Crippen molar-refractivity contribution in [2.45, 2.75) is 6.92 Å². The molecule has 1 heterocycles. The molecule has 0 fully saturated rings. The second-order valence-corrected chi connectivity index (χ2v) is 6.24. The van der Waals surface area contributed by atoms with E-state index in [1.807, 2.05) is 25.1 Å². The van der Waals surface area contributed by atoms with Crippen molar-refractivity contribution in [2.75, 3.05) is 10.6 Å². The molecule has 0 aliphatic heterocycles. The van der Waals surface area contributed by atoms with Crippen LogP contribution in [0.15, 0.2) is 59.3 Å². The largest absolute Gasteiger partial charge is 0.478 e. The van der Waals surface area contributed by atoms with E-state index in [1.54, 1.807) is 18.2 Å². The van der Waals surface area contributed by atoms with Gasteiger partial charge in [-0.1, -0.05) is 15.9 Å². The third kappa shape index (κ3) is 4.33. The number of aryl methyl sites for hydroxylation is 1. The van der Waals surface area contributed by atoms with Crippen LogP contribution in [0, 0.1) is 6.92 Å². The van der Waals surface area contributed by atoms with Gasteiger partial charge in [-0.2, -0.15) is 0 Å². The lowest BCUT2D eigenvalue weighted by molar-refractivity contribution is 0.0697. The number of nitrogens with zero attached hydrogens (tertiary/aromatic N) is 2. The zero-order chi connectivity index (χ0) is 17.8. The van der Waals surface area contributed by atoms with Gasteiger partial charge in [0.1, 0.15) is 18.0 Å². The summed E-state index contributed by atoms with van der Waals surface area (Å²) in [4.78, 5) is 19.3. The molecule has 0 amide bonds. The fraction of sp³-hybridized carbons (Fsp3) is 0.0556. The molecule has 1 aromatic heterocycles. The van der Waals surface area contributed by atoms with Gasteiger partial charge in [-0.3, -0.25) is 0 Å². The molecule has 0 radical (unpaired) electrons. The summed E-state index contributed by atoms with van der Waals surface area (Å²) in [7, 11) is 0. The minimum Gasteiger partial charge on any atom is -0.478 e. The number of carbonyl (C=O) groups is 1. The number of rotatable bonds is 5. The first-order valence-corrected chi connectivity index (χ1v) is 8.26. The lowest BCUT2D eigenvalue weighted by atomic mass is 10.2. The second-order valence-electron chi connectivity index (χ2n) is 5.38. The monoisotopic (exact) mass is 398 g/mol. The normalized spacial score (nSPS) is 10.3. The van der Waals surface area contributed by atoms with E-state index in [0.717, 1.165) is 21.4 Å². The van der Waals surface area contributed by atoms with Crippen LogP contribution in [0.1, 0.15) is 15.9 Å². The molecule has 7 heteroatoms. The summed E-state index contributed by atoms with van der Waals surface area (Å²) in [5, 5.41) is 15.3. The third-order valence-corrected chi connectivity index (χ3v) is 4.39. The van der Waals surface area contributed by atoms with Crippen LogP contribution in [0.4, 0.5) is 23.0 Å². The van der Waals surface area contributed by atoms with Crippen molar-refractivity contribution < 1.29 is 9.90 Å². The summed E-state index contributed by atoms with van der Waals surface area (Å²) < 4.78 is 1.05. The molecule has 0 aliphatic rings. The molecule has 25 heavy (non-hydrogen) atoms. The topological polar surface area (TPSA) is 87.1 Å². The second kappa shape index (κ2) is 7.31. The van der Waals surface area contributed by atoms with Crippen molar-refractivity contribution in [2.24, 2.45) is 0 Å². The SMILES string of the molecule is Cc1cc(Nc2cc(Nc3ccc(C(=O)O)cc3)ncn2)ccc1Br. The lowest BCUT2D eigenvalue weighted by Crippen LogP contribution is -2.00. The molecule has 0 saturated carbocycles. The molecule has 0 atom stereocenters. The van der Waals surface area contributed by atoms with Crippen LogP contribution in [0.25, 0.3) is 0 Å². The molecule has 0 spiro atoms. The standard InChI is InChI=1S/C18H15BrN4O2/c1-11-8-14(6-7-15(11)19)23-17-9-16(20-10-21-17)22-13-4-2-12(3-5-13)18(24)25/h2-10H,1H3,(H,24,25)(H2,20,21,22,23). The van der Waals surface area contributed by atoms with Gasteiger partial charge in [0.05, 0.1) is 5.56 Å². The molecule has 0 aliphatic carbocycles.